The molecule has 4 aromatic heterocycles. The summed E-state index contributed by atoms with van der Waals surface area (Å²) < 4.78 is 27.2. The Balaban J connectivity index is 1.20. The minimum Gasteiger partial charge on any atom is -0.492 e. The molecule has 1 aliphatic carbocycles. The number of allylic oxidation sites excluding steroid dienone is 2. The fraction of sp³-hybridized carbons (Fsp3) is 0.342. The average molecular weight is 648 g/mol. The van der Waals surface area contributed by atoms with Crippen LogP contribution >= 0.6 is 0 Å². The summed E-state index contributed by atoms with van der Waals surface area (Å²) in [4.78, 5) is 15.0. The predicted molar refractivity (Wildman–Crippen MR) is 188 cm³/mol. The summed E-state index contributed by atoms with van der Waals surface area (Å²) in [6.07, 6.45) is 19.5. The van der Waals surface area contributed by atoms with Gasteiger partial charge in [0.1, 0.15) is 29.6 Å². The van der Waals surface area contributed by atoms with E-state index >= 15 is 0 Å². The monoisotopic (exact) mass is 647 g/mol. The highest BCUT2D eigenvalue weighted by molar-refractivity contribution is 5.96. The third kappa shape index (κ3) is 6.99. The standard InChI is InChI=1S/C38H42FN7O2/c1-2-25(27-18-31(24-41-23-27)48-29-8-4-3-5-9-29)19-32-36(22-40)44-45-38(32)35-21-33-34(43-35)10-11-42-37(33)26-16-28(39)20-30(17-26)47-15-14-46-12-6-7-13-46/h2,10-11,16-24,29,43-44H,3-9,12-15,40H2,1H3/b25-2?,32-19+,36-22+. The summed E-state index contributed by atoms with van der Waals surface area (Å²) in [7, 11) is 0. The number of halogens is 1. The van der Waals surface area contributed by atoms with Crippen LogP contribution in [0.5, 0.6) is 11.5 Å². The number of nitrogens with zero attached hydrogens (tertiary/aromatic N) is 4. The van der Waals surface area contributed by atoms with Crippen molar-refractivity contribution in [1.29, 1.82) is 0 Å². The van der Waals surface area contributed by atoms with E-state index in [2.05, 4.69) is 36.1 Å². The van der Waals surface area contributed by atoms with Gasteiger partial charge in [-0.05, 0) is 101 Å². The van der Waals surface area contributed by atoms with Crippen LogP contribution in [0.2, 0.25) is 0 Å². The minimum absolute atomic E-state index is 0.237. The first-order valence-corrected chi connectivity index (χ1v) is 17.0. The lowest BCUT2D eigenvalue weighted by atomic mass is 9.98. The number of rotatable bonds is 10. The van der Waals surface area contributed by atoms with Crippen LogP contribution in [0.1, 0.15) is 57.4 Å². The molecule has 5 aromatic rings. The molecule has 0 spiro atoms. The largest absolute Gasteiger partial charge is 0.492 e. The number of benzene rings is 1. The number of H-pyrrole nitrogens is 2. The van der Waals surface area contributed by atoms with Crippen molar-refractivity contribution in [2.24, 2.45) is 5.73 Å². The van der Waals surface area contributed by atoms with E-state index in [0.717, 1.165) is 71.2 Å². The third-order valence-electron chi connectivity index (χ3n) is 9.34. The number of likely N-dealkylation sites (tertiary alicyclic amines) is 1. The van der Waals surface area contributed by atoms with Gasteiger partial charge in [0.25, 0.3) is 0 Å². The molecule has 2 aliphatic rings. The lowest BCUT2D eigenvalue weighted by Gasteiger charge is -2.23. The number of aromatic amines is 2. The summed E-state index contributed by atoms with van der Waals surface area (Å²) in [6, 6.07) is 10.7. The third-order valence-corrected chi connectivity index (χ3v) is 9.34. The van der Waals surface area contributed by atoms with Gasteiger partial charge in [-0.2, -0.15) is 5.10 Å². The number of hydrogen-bond acceptors (Lipinski definition) is 7. The maximum Gasteiger partial charge on any atom is 0.138 e. The van der Waals surface area contributed by atoms with Gasteiger partial charge in [-0.25, -0.2) is 4.39 Å². The minimum atomic E-state index is -0.368. The van der Waals surface area contributed by atoms with Crippen molar-refractivity contribution in [2.45, 2.75) is 58.0 Å². The zero-order chi connectivity index (χ0) is 32.9. The van der Waals surface area contributed by atoms with Crippen LogP contribution in [0.3, 0.4) is 0 Å². The van der Waals surface area contributed by atoms with Gasteiger partial charge in [-0.1, -0.05) is 12.5 Å². The predicted octanol–water partition coefficient (Wildman–Crippen LogP) is 5.92. The molecule has 1 aromatic carbocycles. The van der Waals surface area contributed by atoms with E-state index in [1.54, 1.807) is 12.4 Å². The maximum atomic E-state index is 14.9. The van der Waals surface area contributed by atoms with Crippen LogP contribution in [-0.4, -0.2) is 62.4 Å². The second kappa shape index (κ2) is 14.4. The number of hydrogen-bond donors (Lipinski definition) is 3. The van der Waals surface area contributed by atoms with Crippen LogP contribution in [0.25, 0.3) is 51.4 Å². The van der Waals surface area contributed by atoms with Crippen LogP contribution in [0.15, 0.2) is 61.1 Å². The van der Waals surface area contributed by atoms with Crippen molar-refractivity contribution in [1.82, 2.24) is 30.0 Å². The zero-order valence-corrected chi connectivity index (χ0v) is 27.3. The van der Waals surface area contributed by atoms with Gasteiger partial charge < -0.3 is 20.2 Å². The van der Waals surface area contributed by atoms with Crippen molar-refractivity contribution in [3.05, 3.63) is 83.0 Å². The first-order valence-electron chi connectivity index (χ1n) is 17.0. The molecule has 7 rings (SSSR count). The zero-order valence-electron chi connectivity index (χ0n) is 27.3. The van der Waals surface area contributed by atoms with E-state index in [4.69, 9.17) is 15.2 Å². The first-order chi connectivity index (χ1) is 23.6. The molecule has 0 atom stereocenters. The van der Waals surface area contributed by atoms with Gasteiger partial charge in [0, 0.05) is 58.5 Å². The van der Waals surface area contributed by atoms with E-state index in [-0.39, 0.29) is 11.9 Å². The van der Waals surface area contributed by atoms with Crippen molar-refractivity contribution in [3.8, 4) is 34.1 Å². The quantitative estimate of drug-likeness (QED) is 0.172. The Bertz CT molecular complexity index is 2040. The summed E-state index contributed by atoms with van der Waals surface area (Å²) in [5, 5.41) is 10.1. The summed E-state index contributed by atoms with van der Waals surface area (Å²) in [5.41, 5.74) is 11.6. The van der Waals surface area contributed by atoms with Gasteiger partial charge in [0.2, 0.25) is 0 Å². The Morgan fingerprint density at radius 2 is 1.88 bits per heavy atom. The summed E-state index contributed by atoms with van der Waals surface area (Å²) in [6.45, 7) is 5.52. The van der Waals surface area contributed by atoms with E-state index < -0.39 is 0 Å². The number of aromatic nitrogens is 5. The van der Waals surface area contributed by atoms with E-state index in [9.17, 15) is 4.39 Å². The summed E-state index contributed by atoms with van der Waals surface area (Å²) in [5.74, 6) is 0.901. The number of ether oxygens (including phenoxy) is 2. The lowest BCUT2D eigenvalue weighted by molar-refractivity contribution is 0.154. The Kier molecular flexibility index (Phi) is 9.51. The number of fused-ring (bicyclic) bond motifs is 1. The lowest BCUT2D eigenvalue weighted by Crippen LogP contribution is -2.25. The molecule has 0 radical (unpaired) electrons. The Hall–Kier alpha value is -4.96. The topological polar surface area (TPSA) is 118 Å². The van der Waals surface area contributed by atoms with Crippen LogP contribution < -0.4 is 25.8 Å². The summed E-state index contributed by atoms with van der Waals surface area (Å²) >= 11 is 0. The fourth-order valence-electron chi connectivity index (χ4n) is 6.84. The molecule has 5 heterocycles. The van der Waals surface area contributed by atoms with Crippen LogP contribution in [0, 0.1) is 5.82 Å². The van der Waals surface area contributed by atoms with Gasteiger partial charge in [-0.3, -0.25) is 20.0 Å². The first kappa shape index (κ1) is 31.6. The molecule has 0 amide bonds. The average Bonchev–Trinajstić information content (AvgIpc) is 3.87. The van der Waals surface area contributed by atoms with Crippen molar-refractivity contribution < 1.29 is 13.9 Å². The smallest absolute Gasteiger partial charge is 0.138 e. The molecule has 48 heavy (non-hydrogen) atoms. The van der Waals surface area contributed by atoms with Crippen LogP contribution in [0.4, 0.5) is 4.39 Å². The van der Waals surface area contributed by atoms with Crippen molar-refractivity contribution >= 4 is 28.8 Å². The second-order valence-electron chi connectivity index (χ2n) is 12.6. The number of nitrogens with two attached hydrogens (primary N) is 1. The molecule has 9 nitrogen and oxygen atoms in total. The van der Waals surface area contributed by atoms with Gasteiger partial charge in [0.05, 0.1) is 29.0 Å². The van der Waals surface area contributed by atoms with E-state index in [0.29, 0.717) is 34.7 Å². The van der Waals surface area contributed by atoms with E-state index in [1.807, 2.05) is 43.5 Å². The highest BCUT2D eigenvalue weighted by Crippen LogP contribution is 2.32. The molecular formula is C38H42FN7O2. The molecule has 1 saturated heterocycles. The number of pyridine rings is 2. The van der Waals surface area contributed by atoms with Crippen molar-refractivity contribution in [2.75, 3.05) is 26.2 Å². The van der Waals surface area contributed by atoms with Crippen LogP contribution in [-0.2, 0) is 0 Å². The van der Waals surface area contributed by atoms with Crippen molar-refractivity contribution in [3.63, 3.8) is 0 Å². The van der Waals surface area contributed by atoms with Gasteiger partial charge in [-0.15, -0.1) is 0 Å². The van der Waals surface area contributed by atoms with E-state index in [1.165, 1.54) is 50.4 Å². The molecule has 2 fully saturated rings. The van der Waals surface area contributed by atoms with Gasteiger partial charge >= 0.3 is 0 Å². The molecule has 10 heteroatoms. The van der Waals surface area contributed by atoms with Gasteiger partial charge in [0.15, 0.2) is 0 Å². The molecule has 0 bridgehead atoms. The Labute approximate surface area is 279 Å². The Morgan fingerprint density at radius 1 is 1.02 bits per heavy atom. The molecule has 1 saturated carbocycles. The molecule has 4 N–H and O–H groups in total. The fourth-order valence-corrected chi connectivity index (χ4v) is 6.84. The maximum absolute atomic E-state index is 14.9. The Morgan fingerprint density at radius 3 is 2.69 bits per heavy atom. The molecular weight excluding hydrogens is 605 g/mol. The SMILES string of the molecule is CC=C(/C=c1/c(-c2cc3c(-c4cc(F)cc(OCCN5CCCC5)c4)nccc3[nH]2)n[nH]/c1=C/N)c1cncc(OC2CCCCC2)c1. The molecule has 248 valence electrons. The highest BCUT2D eigenvalue weighted by Gasteiger charge is 2.18. The molecule has 1 aliphatic heterocycles. The number of nitrogens with one attached hydrogen (secondary N) is 2. The molecule has 0 unspecified atom stereocenters. The normalized spacial score (nSPS) is 17.1. The second-order valence-corrected chi connectivity index (χ2v) is 12.6. The highest BCUT2D eigenvalue weighted by atomic mass is 19.1.